The number of rotatable bonds is 13. The predicted octanol–water partition coefficient (Wildman–Crippen LogP) is 6.53. The molecule has 49 heavy (non-hydrogen) atoms. The van der Waals surface area contributed by atoms with E-state index >= 15 is 4.39 Å². The van der Waals surface area contributed by atoms with E-state index in [0.717, 1.165) is 10.8 Å². The zero-order valence-corrected chi connectivity index (χ0v) is 28.4. The van der Waals surface area contributed by atoms with Crippen LogP contribution >= 0.6 is 0 Å². The maximum Gasteiger partial charge on any atom is 0.416 e. The molecule has 2 heterocycles. The van der Waals surface area contributed by atoms with Gasteiger partial charge in [-0.15, -0.1) is 0 Å². The van der Waals surface area contributed by atoms with Gasteiger partial charge in [-0.3, -0.25) is 19.3 Å². The molecule has 0 radical (unpaired) electrons. The Morgan fingerprint density at radius 2 is 1.65 bits per heavy atom. The van der Waals surface area contributed by atoms with Crippen LogP contribution in [0.2, 0.25) is 0 Å². The molecule has 1 fully saturated rings. The van der Waals surface area contributed by atoms with Gasteiger partial charge in [0.15, 0.2) is 0 Å². The summed E-state index contributed by atoms with van der Waals surface area (Å²) in [6, 6.07) is 3.34. The van der Waals surface area contributed by atoms with Crippen molar-refractivity contribution < 1.29 is 41.4 Å². The minimum absolute atomic E-state index is 0.00744. The fourth-order valence-electron chi connectivity index (χ4n) is 6.47. The third-order valence-electron chi connectivity index (χ3n) is 8.90. The third kappa shape index (κ3) is 8.93. The molecule has 2 atom stereocenters. The van der Waals surface area contributed by atoms with Crippen molar-refractivity contribution >= 4 is 11.9 Å². The van der Waals surface area contributed by atoms with Crippen molar-refractivity contribution in [1.29, 1.82) is 0 Å². The lowest BCUT2D eigenvalue weighted by molar-refractivity contribution is -0.139. The molecule has 13 heteroatoms. The summed E-state index contributed by atoms with van der Waals surface area (Å²) in [5.74, 6) is -3.63. The molecule has 2 aromatic carbocycles. The molecule has 2 N–H and O–H groups in total. The first-order valence-corrected chi connectivity index (χ1v) is 16.1. The van der Waals surface area contributed by atoms with Gasteiger partial charge in [0.2, 0.25) is 5.91 Å². The minimum atomic E-state index is -4.82. The largest absolute Gasteiger partial charge is 0.481 e. The number of methoxy groups -OCH3 is 1. The molecule has 8 nitrogen and oxygen atoms in total. The molecular weight excluding hydrogens is 649 g/mol. The Balaban J connectivity index is 1.75. The normalized spacial score (nSPS) is 15.3. The molecule has 1 amide bonds. The first kappa shape index (κ1) is 37.7. The maximum absolute atomic E-state index is 15.8. The van der Waals surface area contributed by atoms with Crippen LogP contribution in [0, 0.1) is 38.3 Å². The standard InChI is InChI=1S/C36H42F5N3O5/c1-19(2)9-30(44-16-23(7-8-43-17-26(18-43)49-6)28(14-31(44)45)36(39,40)41)35(48)42-29(15-32(46)47)27-13-24(10-22(5)34(27)38)33-20(3)11-25(37)12-21(33)4/h10-14,16,19,26,29-30H,7-9,15,17-18H2,1-6H3,(H,42,48)(H,46,47). The third-order valence-corrected chi connectivity index (χ3v) is 8.90. The highest BCUT2D eigenvalue weighted by Crippen LogP contribution is 2.35. The Bertz CT molecular complexity index is 1740. The summed E-state index contributed by atoms with van der Waals surface area (Å²) < 4.78 is 78.2. The topological polar surface area (TPSA) is 101 Å². The number of halogens is 5. The van der Waals surface area contributed by atoms with Gasteiger partial charge in [0.05, 0.1) is 24.1 Å². The fraction of sp³-hybridized carbons (Fsp3) is 0.472. The molecule has 2 unspecified atom stereocenters. The SMILES string of the molecule is COC1CN(CCc2cn(C(CC(C)C)C(=O)NC(CC(=O)O)c3cc(-c4c(C)cc(F)cc4C)cc(C)c3F)c(=O)cc2C(F)(F)F)C1. The van der Waals surface area contributed by atoms with E-state index in [9.17, 15) is 37.1 Å². The number of ether oxygens (including phenoxy) is 1. The number of hydrogen-bond donors (Lipinski definition) is 2. The van der Waals surface area contributed by atoms with Gasteiger partial charge in [-0.25, -0.2) is 8.78 Å². The summed E-state index contributed by atoms with van der Waals surface area (Å²) >= 11 is 0. The number of carbonyl (C=O) groups is 2. The smallest absolute Gasteiger partial charge is 0.416 e. The number of nitrogens with zero attached hydrogens (tertiary/aromatic N) is 2. The van der Waals surface area contributed by atoms with Crippen LogP contribution in [0.25, 0.3) is 11.1 Å². The summed E-state index contributed by atoms with van der Waals surface area (Å²) in [5.41, 5.74) is -0.0735. The molecular formula is C36H42F5N3O5. The molecule has 1 saturated heterocycles. The maximum atomic E-state index is 15.8. The van der Waals surface area contributed by atoms with Crippen LogP contribution in [0.1, 0.15) is 72.2 Å². The molecule has 4 rings (SSSR count). The van der Waals surface area contributed by atoms with Gasteiger partial charge in [0.1, 0.15) is 17.7 Å². The lowest BCUT2D eigenvalue weighted by atomic mass is 9.90. The summed E-state index contributed by atoms with van der Waals surface area (Å²) in [6.45, 7) is 9.76. The summed E-state index contributed by atoms with van der Waals surface area (Å²) in [4.78, 5) is 41.2. The zero-order valence-electron chi connectivity index (χ0n) is 28.4. The number of carboxylic acid groups (broad SMARTS) is 1. The molecule has 1 aliphatic rings. The van der Waals surface area contributed by atoms with E-state index < -0.39 is 59.3 Å². The average Bonchev–Trinajstić information content (AvgIpc) is 2.95. The Labute approximate surface area is 281 Å². The molecule has 0 spiro atoms. The van der Waals surface area contributed by atoms with Crippen LogP contribution in [0.3, 0.4) is 0 Å². The molecule has 3 aromatic rings. The second-order valence-corrected chi connectivity index (χ2v) is 13.2. The van der Waals surface area contributed by atoms with Gasteiger partial charge in [-0.1, -0.05) is 13.8 Å². The lowest BCUT2D eigenvalue weighted by Gasteiger charge is -2.38. The van der Waals surface area contributed by atoms with E-state index in [2.05, 4.69) is 5.32 Å². The Morgan fingerprint density at radius 1 is 1.02 bits per heavy atom. The van der Waals surface area contributed by atoms with Gasteiger partial charge < -0.3 is 19.7 Å². The van der Waals surface area contributed by atoms with Crippen molar-refractivity contribution in [3.05, 3.63) is 91.9 Å². The number of aromatic nitrogens is 1. The van der Waals surface area contributed by atoms with E-state index in [4.69, 9.17) is 4.74 Å². The first-order valence-electron chi connectivity index (χ1n) is 16.1. The van der Waals surface area contributed by atoms with Crippen LogP contribution in [-0.2, 0) is 26.9 Å². The van der Waals surface area contributed by atoms with Crippen molar-refractivity contribution in [3.8, 4) is 11.1 Å². The number of nitrogens with one attached hydrogen (secondary N) is 1. The molecule has 0 aliphatic carbocycles. The van der Waals surface area contributed by atoms with E-state index in [-0.39, 0.29) is 48.1 Å². The zero-order chi connectivity index (χ0) is 36.4. The van der Waals surface area contributed by atoms with E-state index in [1.165, 1.54) is 25.1 Å². The number of aryl methyl sites for hydroxylation is 3. The molecule has 1 aromatic heterocycles. The van der Waals surface area contributed by atoms with Crippen molar-refractivity contribution in [2.45, 2.75) is 78.2 Å². The van der Waals surface area contributed by atoms with Crippen molar-refractivity contribution in [1.82, 2.24) is 14.8 Å². The van der Waals surface area contributed by atoms with Gasteiger partial charge in [0, 0.05) is 44.6 Å². The number of carboxylic acids is 1. The van der Waals surface area contributed by atoms with Crippen LogP contribution in [-0.4, -0.2) is 59.3 Å². The summed E-state index contributed by atoms with van der Waals surface area (Å²) in [6.07, 6.45) is -4.53. The van der Waals surface area contributed by atoms with Crippen LogP contribution < -0.4 is 10.9 Å². The lowest BCUT2D eigenvalue weighted by Crippen LogP contribution is -2.52. The second kappa shape index (κ2) is 15.2. The number of alkyl halides is 3. The first-order chi connectivity index (χ1) is 22.9. The van der Waals surface area contributed by atoms with E-state index in [0.29, 0.717) is 41.4 Å². The van der Waals surface area contributed by atoms with Gasteiger partial charge in [-0.2, -0.15) is 13.2 Å². The Kier molecular flexibility index (Phi) is 11.7. The second-order valence-electron chi connectivity index (χ2n) is 13.2. The number of hydrogen-bond acceptors (Lipinski definition) is 5. The number of benzene rings is 2. The Morgan fingerprint density at radius 3 is 2.20 bits per heavy atom. The minimum Gasteiger partial charge on any atom is -0.481 e. The van der Waals surface area contributed by atoms with Crippen LogP contribution in [0.15, 0.2) is 41.3 Å². The molecule has 0 saturated carbocycles. The summed E-state index contributed by atoms with van der Waals surface area (Å²) in [5, 5.41) is 12.4. The van der Waals surface area contributed by atoms with Crippen molar-refractivity contribution in [3.63, 3.8) is 0 Å². The number of aliphatic carboxylic acids is 1. The predicted molar refractivity (Wildman–Crippen MR) is 174 cm³/mol. The molecule has 1 aliphatic heterocycles. The average molecular weight is 692 g/mol. The highest BCUT2D eigenvalue weighted by atomic mass is 19.4. The quantitative estimate of drug-likeness (QED) is 0.198. The molecule has 0 bridgehead atoms. The fourth-order valence-corrected chi connectivity index (χ4v) is 6.47. The highest BCUT2D eigenvalue weighted by molar-refractivity contribution is 5.82. The number of carbonyl (C=O) groups excluding carboxylic acids is 1. The van der Waals surface area contributed by atoms with E-state index in [1.807, 2.05) is 4.90 Å². The van der Waals surface area contributed by atoms with Crippen LogP contribution in [0.5, 0.6) is 0 Å². The van der Waals surface area contributed by atoms with Gasteiger partial charge in [0.25, 0.3) is 5.56 Å². The van der Waals surface area contributed by atoms with E-state index in [1.54, 1.807) is 40.9 Å². The number of amides is 1. The number of likely N-dealkylation sites (tertiary alicyclic amines) is 1. The van der Waals surface area contributed by atoms with Gasteiger partial charge in [-0.05, 0) is 97.2 Å². The molecule has 266 valence electrons. The van der Waals surface area contributed by atoms with Gasteiger partial charge >= 0.3 is 12.1 Å². The monoisotopic (exact) mass is 691 g/mol. The Hall–Kier alpha value is -4.10. The highest BCUT2D eigenvalue weighted by Gasteiger charge is 2.36. The van der Waals surface area contributed by atoms with Crippen molar-refractivity contribution in [2.75, 3.05) is 26.7 Å². The summed E-state index contributed by atoms with van der Waals surface area (Å²) in [7, 11) is 1.56. The van der Waals surface area contributed by atoms with Crippen LogP contribution in [0.4, 0.5) is 22.0 Å². The van der Waals surface area contributed by atoms with Crippen molar-refractivity contribution in [2.24, 2.45) is 5.92 Å². The number of pyridine rings is 1.